The Morgan fingerprint density at radius 3 is 2.33 bits per heavy atom. The number of amides is 1. The van der Waals surface area contributed by atoms with Gasteiger partial charge in [-0.25, -0.2) is 0 Å². The lowest BCUT2D eigenvalue weighted by Gasteiger charge is -2.36. The summed E-state index contributed by atoms with van der Waals surface area (Å²) in [6.07, 6.45) is 0. The largest absolute Gasteiger partial charge is 0.352 e. The summed E-state index contributed by atoms with van der Waals surface area (Å²) in [5.74, 6) is 1.10. The summed E-state index contributed by atoms with van der Waals surface area (Å²) < 4.78 is 0. The maximum Gasteiger partial charge on any atom is 0.225 e. The van der Waals surface area contributed by atoms with Crippen LogP contribution in [-0.4, -0.2) is 47.2 Å². The topological polar surface area (TPSA) is 49.3 Å². The first-order chi connectivity index (χ1) is 11.6. The normalized spacial score (nSPS) is 15.0. The number of rotatable bonds is 3. The summed E-state index contributed by atoms with van der Waals surface area (Å²) in [6.45, 7) is 6.88. The second kappa shape index (κ2) is 7.18. The van der Waals surface area contributed by atoms with Gasteiger partial charge in [-0.15, -0.1) is 10.2 Å². The molecule has 3 rings (SSSR count). The van der Waals surface area contributed by atoms with E-state index >= 15 is 0 Å². The van der Waals surface area contributed by atoms with Crippen LogP contribution >= 0.6 is 11.6 Å². The van der Waals surface area contributed by atoms with Crippen LogP contribution in [0.25, 0.3) is 11.3 Å². The molecule has 1 aromatic heterocycles. The predicted molar refractivity (Wildman–Crippen MR) is 96.1 cm³/mol. The molecule has 1 aliphatic heterocycles. The van der Waals surface area contributed by atoms with Crippen LogP contribution in [0.4, 0.5) is 5.82 Å². The minimum Gasteiger partial charge on any atom is -0.352 e. The molecule has 1 saturated heterocycles. The number of hydrogen-bond donors (Lipinski definition) is 0. The van der Waals surface area contributed by atoms with Crippen molar-refractivity contribution in [2.24, 2.45) is 5.92 Å². The lowest BCUT2D eigenvalue weighted by Crippen LogP contribution is -2.50. The number of carbonyl (C=O) groups is 1. The Morgan fingerprint density at radius 1 is 1.04 bits per heavy atom. The number of halogens is 1. The Hall–Kier alpha value is -2.14. The molecule has 0 aliphatic carbocycles. The zero-order valence-electron chi connectivity index (χ0n) is 13.9. The number of carbonyl (C=O) groups excluding carboxylic acids is 1. The fourth-order valence-electron chi connectivity index (χ4n) is 2.83. The Balaban J connectivity index is 1.67. The van der Waals surface area contributed by atoms with Crippen molar-refractivity contribution in [1.29, 1.82) is 0 Å². The van der Waals surface area contributed by atoms with Gasteiger partial charge in [0.25, 0.3) is 0 Å². The number of hydrogen-bond acceptors (Lipinski definition) is 4. The molecule has 24 heavy (non-hydrogen) atoms. The fourth-order valence-corrected chi connectivity index (χ4v) is 3.06. The van der Waals surface area contributed by atoms with Gasteiger partial charge in [-0.05, 0) is 18.2 Å². The minimum atomic E-state index is 0.0475. The number of anilines is 1. The van der Waals surface area contributed by atoms with E-state index in [4.69, 9.17) is 11.6 Å². The second-order valence-corrected chi connectivity index (χ2v) is 6.63. The smallest absolute Gasteiger partial charge is 0.225 e. The average Bonchev–Trinajstić information content (AvgIpc) is 2.62. The van der Waals surface area contributed by atoms with Gasteiger partial charge in [0.05, 0.1) is 10.7 Å². The van der Waals surface area contributed by atoms with E-state index in [2.05, 4.69) is 15.1 Å². The van der Waals surface area contributed by atoms with Crippen molar-refractivity contribution in [2.75, 3.05) is 31.1 Å². The van der Waals surface area contributed by atoms with Crippen molar-refractivity contribution >= 4 is 23.3 Å². The molecule has 0 N–H and O–H groups in total. The Morgan fingerprint density at radius 2 is 1.75 bits per heavy atom. The van der Waals surface area contributed by atoms with Gasteiger partial charge in [-0.2, -0.15) is 0 Å². The van der Waals surface area contributed by atoms with Crippen LogP contribution in [0.5, 0.6) is 0 Å². The van der Waals surface area contributed by atoms with Gasteiger partial charge < -0.3 is 9.80 Å². The first-order valence-corrected chi connectivity index (χ1v) is 8.56. The van der Waals surface area contributed by atoms with Crippen molar-refractivity contribution in [3.05, 3.63) is 41.4 Å². The fraction of sp³-hybridized carbons (Fsp3) is 0.389. The van der Waals surface area contributed by atoms with Crippen LogP contribution < -0.4 is 4.90 Å². The third-order valence-corrected chi connectivity index (χ3v) is 4.54. The highest BCUT2D eigenvalue weighted by Crippen LogP contribution is 2.26. The second-order valence-electron chi connectivity index (χ2n) is 6.22. The van der Waals surface area contributed by atoms with Crippen LogP contribution in [-0.2, 0) is 4.79 Å². The van der Waals surface area contributed by atoms with Crippen molar-refractivity contribution in [3.63, 3.8) is 0 Å². The minimum absolute atomic E-state index is 0.0475. The molecule has 2 aromatic rings. The molecule has 0 atom stereocenters. The van der Waals surface area contributed by atoms with E-state index in [9.17, 15) is 4.79 Å². The van der Waals surface area contributed by atoms with Gasteiger partial charge in [-0.1, -0.05) is 43.6 Å². The summed E-state index contributed by atoms with van der Waals surface area (Å²) in [5.41, 5.74) is 1.64. The maximum absolute atomic E-state index is 12.0. The summed E-state index contributed by atoms with van der Waals surface area (Å²) in [4.78, 5) is 16.1. The van der Waals surface area contributed by atoms with Crippen LogP contribution in [0.15, 0.2) is 36.4 Å². The van der Waals surface area contributed by atoms with E-state index in [1.807, 2.05) is 55.1 Å². The molecule has 1 fully saturated rings. The molecule has 1 aliphatic rings. The predicted octanol–water partition coefficient (Wildman–Crippen LogP) is 3.10. The summed E-state index contributed by atoms with van der Waals surface area (Å²) in [6, 6.07) is 11.5. The first-order valence-electron chi connectivity index (χ1n) is 8.18. The van der Waals surface area contributed by atoms with Gasteiger partial charge in [0, 0.05) is 37.7 Å². The Labute approximate surface area is 147 Å². The standard InChI is InChI=1S/C18H21ClN4O/c1-13(2)18(24)23-11-9-22(10-12-23)17-8-7-16(20-21-17)14-5-3-4-6-15(14)19/h3-8,13H,9-12H2,1-2H3. The Kier molecular flexibility index (Phi) is 5.00. The quantitative estimate of drug-likeness (QED) is 0.858. The van der Waals surface area contributed by atoms with Crippen molar-refractivity contribution in [1.82, 2.24) is 15.1 Å². The van der Waals surface area contributed by atoms with Gasteiger partial charge in [-0.3, -0.25) is 4.79 Å². The molecule has 0 spiro atoms. The lowest BCUT2D eigenvalue weighted by atomic mass is 10.1. The van der Waals surface area contributed by atoms with E-state index in [0.717, 1.165) is 43.3 Å². The van der Waals surface area contributed by atoms with E-state index < -0.39 is 0 Å². The van der Waals surface area contributed by atoms with E-state index in [-0.39, 0.29) is 11.8 Å². The van der Waals surface area contributed by atoms with Crippen molar-refractivity contribution < 1.29 is 4.79 Å². The zero-order chi connectivity index (χ0) is 17.1. The molecule has 1 amide bonds. The molecular formula is C18H21ClN4O. The summed E-state index contributed by atoms with van der Waals surface area (Å²) in [5, 5.41) is 9.32. The number of benzene rings is 1. The number of aromatic nitrogens is 2. The van der Waals surface area contributed by atoms with E-state index in [1.165, 1.54) is 0 Å². The highest BCUT2D eigenvalue weighted by molar-refractivity contribution is 6.33. The summed E-state index contributed by atoms with van der Waals surface area (Å²) in [7, 11) is 0. The highest BCUT2D eigenvalue weighted by Gasteiger charge is 2.23. The molecule has 2 heterocycles. The third kappa shape index (κ3) is 3.51. The molecule has 0 saturated carbocycles. The van der Waals surface area contributed by atoms with Crippen LogP contribution in [0.3, 0.4) is 0 Å². The van der Waals surface area contributed by atoms with Gasteiger partial charge in [0.2, 0.25) is 5.91 Å². The SMILES string of the molecule is CC(C)C(=O)N1CCN(c2ccc(-c3ccccc3Cl)nn2)CC1. The van der Waals surface area contributed by atoms with Gasteiger partial charge >= 0.3 is 0 Å². The molecule has 1 aromatic carbocycles. The monoisotopic (exact) mass is 344 g/mol. The molecule has 0 unspecified atom stereocenters. The molecule has 6 heteroatoms. The molecule has 126 valence electrons. The van der Waals surface area contributed by atoms with Gasteiger partial charge in [0.15, 0.2) is 5.82 Å². The van der Waals surface area contributed by atoms with Crippen molar-refractivity contribution in [2.45, 2.75) is 13.8 Å². The molecule has 0 radical (unpaired) electrons. The summed E-state index contributed by atoms with van der Waals surface area (Å²) >= 11 is 6.20. The molecule has 0 bridgehead atoms. The molecule has 5 nitrogen and oxygen atoms in total. The van der Waals surface area contributed by atoms with Crippen molar-refractivity contribution in [3.8, 4) is 11.3 Å². The van der Waals surface area contributed by atoms with Crippen LogP contribution in [0, 0.1) is 5.92 Å². The highest BCUT2D eigenvalue weighted by atomic mass is 35.5. The van der Waals surface area contributed by atoms with E-state index in [1.54, 1.807) is 0 Å². The maximum atomic E-state index is 12.0. The van der Waals surface area contributed by atoms with Crippen LogP contribution in [0.1, 0.15) is 13.8 Å². The average molecular weight is 345 g/mol. The first kappa shape index (κ1) is 16.7. The number of piperazine rings is 1. The Bertz CT molecular complexity index is 709. The molecular weight excluding hydrogens is 324 g/mol. The zero-order valence-corrected chi connectivity index (χ0v) is 14.7. The third-order valence-electron chi connectivity index (χ3n) is 4.21. The number of nitrogens with zero attached hydrogens (tertiary/aromatic N) is 4. The van der Waals surface area contributed by atoms with Gasteiger partial charge in [0.1, 0.15) is 0 Å². The lowest BCUT2D eigenvalue weighted by molar-refractivity contribution is -0.134. The van der Waals surface area contributed by atoms with E-state index in [0.29, 0.717) is 5.02 Å². The van der Waals surface area contributed by atoms with Crippen LogP contribution in [0.2, 0.25) is 5.02 Å².